The van der Waals surface area contributed by atoms with Crippen molar-refractivity contribution in [3.05, 3.63) is 184 Å². The normalized spacial score (nSPS) is 11.6. The van der Waals surface area contributed by atoms with Gasteiger partial charge in [-0.15, -0.1) is 0 Å². The molecule has 0 heterocycles. The van der Waals surface area contributed by atoms with Crippen molar-refractivity contribution in [1.29, 1.82) is 0 Å². The largest absolute Gasteiger partial charge is 1.00 e. The molecule has 0 bridgehead atoms. The van der Waals surface area contributed by atoms with Gasteiger partial charge in [-0.1, -0.05) is 210 Å². The first-order valence-corrected chi connectivity index (χ1v) is 19.8. The molecule has 1 nitrogen and oxygen atoms in total. The molecule has 0 amide bonds. The predicted molar refractivity (Wildman–Crippen MR) is 200 cm³/mol. The van der Waals surface area contributed by atoms with Crippen LogP contribution in [0.3, 0.4) is 0 Å². The van der Waals surface area contributed by atoms with Crippen molar-refractivity contribution in [2.45, 2.75) is 41.5 Å². The van der Waals surface area contributed by atoms with Crippen LogP contribution in [0.4, 0.5) is 0 Å². The van der Waals surface area contributed by atoms with Gasteiger partial charge in [-0.05, 0) is 41.5 Å². The fourth-order valence-corrected chi connectivity index (χ4v) is 19.9. The first kappa shape index (κ1) is 33.7. The third-order valence-corrected chi connectivity index (χ3v) is 20.3. The van der Waals surface area contributed by atoms with E-state index in [0.29, 0.717) is 0 Å². The molecule has 6 aromatic rings. The van der Waals surface area contributed by atoms with E-state index in [4.69, 9.17) is 4.65 Å². The summed E-state index contributed by atoms with van der Waals surface area (Å²) in [6.45, 7) is 13.7. The monoisotopic (exact) mass is 623 g/mol. The zero-order chi connectivity index (χ0) is 31.6. The van der Waals surface area contributed by atoms with Gasteiger partial charge in [0.2, 0.25) is 0 Å². The molecule has 6 rings (SSSR count). The van der Waals surface area contributed by atoms with Crippen LogP contribution in [0.5, 0.6) is 0 Å². The molecule has 0 aliphatic carbocycles. The van der Waals surface area contributed by atoms with Gasteiger partial charge in [0.05, 0.1) is 0 Å². The fourth-order valence-electron chi connectivity index (χ4n) is 7.36. The molecule has 0 unspecified atom stereocenters. The van der Waals surface area contributed by atoms with Crippen molar-refractivity contribution in [3.63, 3.8) is 0 Å². The van der Waals surface area contributed by atoms with Gasteiger partial charge < -0.3 is 4.65 Å². The van der Waals surface area contributed by atoms with E-state index in [1.807, 2.05) is 0 Å². The van der Waals surface area contributed by atoms with Gasteiger partial charge in [-0.25, -0.2) is 0 Å². The average molecular weight is 624 g/mol. The van der Waals surface area contributed by atoms with Crippen LogP contribution in [0.1, 0.15) is 33.4 Å². The second-order valence-electron chi connectivity index (χ2n) is 12.4. The molecular weight excluding hydrogens is 582 g/mol. The zero-order valence-electron chi connectivity index (χ0n) is 28.3. The van der Waals surface area contributed by atoms with E-state index >= 15 is 0 Å². The van der Waals surface area contributed by atoms with Crippen molar-refractivity contribution in [2.75, 3.05) is 0 Å². The van der Waals surface area contributed by atoms with Crippen LogP contribution in [0.25, 0.3) is 4.65 Å². The maximum absolute atomic E-state index is 6.80. The second kappa shape index (κ2) is 14.0. The molecule has 0 atom stereocenters. The summed E-state index contributed by atoms with van der Waals surface area (Å²) in [4.78, 5) is 0. The summed E-state index contributed by atoms with van der Waals surface area (Å²) in [5.74, 6) is 0. The van der Waals surface area contributed by atoms with E-state index in [1.165, 1.54) is 64.5 Å². The van der Waals surface area contributed by atoms with E-state index in [1.54, 1.807) is 0 Å². The summed E-state index contributed by atoms with van der Waals surface area (Å²) in [6, 6.07) is 54.2. The molecule has 0 saturated heterocycles. The Morgan fingerprint density at radius 2 is 0.435 bits per heavy atom. The number of hydrogen-bond donors (Lipinski definition) is 0. The van der Waals surface area contributed by atoms with Crippen LogP contribution in [0.15, 0.2) is 146 Å². The van der Waals surface area contributed by atoms with Crippen LogP contribution in [0.2, 0.25) is 0 Å². The van der Waals surface area contributed by atoms with Crippen molar-refractivity contribution in [1.82, 2.24) is 0 Å². The van der Waals surface area contributed by atoms with Gasteiger partial charge >= 0.3 is 18.9 Å². The van der Waals surface area contributed by atoms with Gasteiger partial charge in [-0.2, -0.15) is 0 Å². The molecule has 0 aliphatic heterocycles. The van der Waals surface area contributed by atoms with Crippen molar-refractivity contribution < 1.29 is 18.9 Å². The second-order valence-corrected chi connectivity index (χ2v) is 19.4. The Balaban J connectivity index is 0.00000417. The zero-order valence-corrected chi connectivity index (χ0v) is 30.3. The summed E-state index contributed by atoms with van der Waals surface area (Å²) in [6.07, 6.45) is 0. The summed E-state index contributed by atoms with van der Waals surface area (Å²) in [5.41, 5.74) is 7.76. The Morgan fingerprint density at radius 3 is 0.587 bits per heavy atom. The molecule has 0 aromatic heterocycles. The number of hydrogen-bond acceptors (Lipinski definition) is 0. The average Bonchev–Trinajstić information content (AvgIpc) is 3.04. The van der Waals surface area contributed by atoms with Gasteiger partial charge in [-0.3, -0.25) is 0 Å². The standard InChI is InChI=1S/C42H42NSi2.Li/c1-31-19-7-13-25-37(31)44(38-26-14-8-20-32(38)2,39-27-15-9-21-33(39)3)43-45(40-28-16-10-22-34(40)4,41-29-17-11-23-35(41)5)42-30-18-12-24-36(42)6;/h7-30H,1-6H3;/q-1;+1. The number of nitrogens with zero attached hydrogens (tertiary/aromatic N) is 1. The third-order valence-electron chi connectivity index (χ3n) is 9.54. The maximum Gasteiger partial charge on any atom is 1.00 e. The van der Waals surface area contributed by atoms with E-state index in [0.717, 1.165) is 0 Å². The van der Waals surface area contributed by atoms with Crippen LogP contribution in [-0.4, -0.2) is 16.5 Å². The molecule has 0 spiro atoms. The topological polar surface area (TPSA) is 14.1 Å². The quantitative estimate of drug-likeness (QED) is 0.182. The van der Waals surface area contributed by atoms with E-state index in [2.05, 4.69) is 187 Å². The number of rotatable bonds is 8. The minimum Gasteiger partial charge on any atom is -0.644 e. The van der Waals surface area contributed by atoms with Crippen LogP contribution < -0.4 is 50.0 Å². The molecule has 6 aromatic carbocycles. The Kier molecular flexibility index (Phi) is 10.2. The molecule has 46 heavy (non-hydrogen) atoms. The minimum atomic E-state index is -3.12. The summed E-state index contributed by atoms with van der Waals surface area (Å²) in [7, 11) is -6.25. The summed E-state index contributed by atoms with van der Waals surface area (Å²) >= 11 is 0. The van der Waals surface area contributed by atoms with E-state index in [9.17, 15) is 0 Å². The Hall–Kier alpha value is -3.69. The molecule has 0 N–H and O–H groups in total. The van der Waals surface area contributed by atoms with Gasteiger partial charge in [0, 0.05) is 16.5 Å². The smallest absolute Gasteiger partial charge is 0.644 e. The van der Waals surface area contributed by atoms with Gasteiger partial charge in [0.1, 0.15) is 0 Å². The summed E-state index contributed by atoms with van der Waals surface area (Å²) in [5, 5.41) is 8.17. The Labute approximate surface area is 290 Å². The molecular formula is C42H42LiNSi2. The maximum atomic E-state index is 6.80. The van der Waals surface area contributed by atoms with E-state index in [-0.39, 0.29) is 18.9 Å². The third kappa shape index (κ3) is 5.73. The Bertz CT molecular complexity index is 1620. The molecule has 0 aliphatic rings. The molecule has 0 saturated carbocycles. The van der Waals surface area contributed by atoms with E-state index < -0.39 is 16.5 Å². The summed E-state index contributed by atoms with van der Waals surface area (Å²) < 4.78 is 6.80. The van der Waals surface area contributed by atoms with Crippen LogP contribution >= 0.6 is 0 Å². The first-order valence-electron chi connectivity index (χ1n) is 15.9. The molecule has 224 valence electrons. The Morgan fingerprint density at radius 1 is 0.283 bits per heavy atom. The van der Waals surface area contributed by atoms with Crippen LogP contribution in [-0.2, 0) is 0 Å². The van der Waals surface area contributed by atoms with Gasteiger partial charge in [0.25, 0.3) is 0 Å². The minimum absolute atomic E-state index is 0. The SMILES string of the molecule is Cc1ccccc1[Si]([N-][Si](c1ccccc1C)(c1ccccc1C)c1ccccc1C)(c1ccccc1C)c1ccccc1C.[Li+]. The van der Waals surface area contributed by atoms with Gasteiger partial charge in [0.15, 0.2) is 0 Å². The molecule has 0 radical (unpaired) electrons. The van der Waals surface area contributed by atoms with Crippen molar-refractivity contribution >= 4 is 47.6 Å². The van der Waals surface area contributed by atoms with Crippen molar-refractivity contribution in [2.24, 2.45) is 0 Å². The number of benzene rings is 6. The van der Waals surface area contributed by atoms with Crippen molar-refractivity contribution in [3.8, 4) is 0 Å². The molecule has 4 heteroatoms. The fraction of sp³-hybridized carbons (Fsp3) is 0.143. The molecule has 0 fully saturated rings. The predicted octanol–water partition coefficient (Wildman–Crippen LogP) is 3.55. The first-order chi connectivity index (χ1) is 21.8. The van der Waals surface area contributed by atoms with Crippen LogP contribution in [0, 0.1) is 41.5 Å². The number of aryl methyl sites for hydroxylation is 6.